The summed E-state index contributed by atoms with van der Waals surface area (Å²) in [5, 5.41) is 3.55. The number of nitrogens with zero attached hydrogens (tertiary/aromatic N) is 1. The van der Waals surface area contributed by atoms with Crippen molar-refractivity contribution in [2.24, 2.45) is 11.8 Å². The smallest absolute Gasteiger partial charge is 0.0180 e. The maximum atomic E-state index is 3.55. The van der Waals surface area contributed by atoms with Crippen molar-refractivity contribution in [2.45, 2.75) is 40.2 Å². The fourth-order valence-electron chi connectivity index (χ4n) is 2.07. The Morgan fingerprint density at radius 2 is 1.82 bits per heavy atom. The molecule has 0 aromatic carbocycles. The first kappa shape index (κ1) is 17.3. The van der Waals surface area contributed by atoms with E-state index in [4.69, 9.17) is 0 Å². The standard InChI is InChI=1S/C14H32N2S/c1-7-14(11-17-6)16(5)10-13(4)9-15-8-12(2)3/h12-15H,7-11H2,1-6H3. The third-order valence-corrected chi connectivity index (χ3v) is 3.82. The molecule has 0 radical (unpaired) electrons. The second-order valence-corrected chi connectivity index (χ2v) is 6.52. The quantitative estimate of drug-likeness (QED) is 0.650. The summed E-state index contributed by atoms with van der Waals surface area (Å²) in [7, 11) is 2.27. The summed E-state index contributed by atoms with van der Waals surface area (Å²) in [5.41, 5.74) is 0. The van der Waals surface area contributed by atoms with Crippen LogP contribution in [0.4, 0.5) is 0 Å². The van der Waals surface area contributed by atoms with E-state index >= 15 is 0 Å². The molecule has 3 heteroatoms. The van der Waals surface area contributed by atoms with Crippen LogP contribution in [0.5, 0.6) is 0 Å². The fraction of sp³-hybridized carbons (Fsp3) is 1.00. The zero-order chi connectivity index (χ0) is 13.3. The fourth-order valence-corrected chi connectivity index (χ4v) is 2.95. The molecule has 0 aliphatic rings. The minimum Gasteiger partial charge on any atom is -0.316 e. The molecule has 0 aliphatic heterocycles. The van der Waals surface area contributed by atoms with Gasteiger partial charge in [0, 0.05) is 18.3 Å². The number of rotatable bonds is 10. The van der Waals surface area contributed by atoms with Crippen LogP contribution in [0.1, 0.15) is 34.1 Å². The van der Waals surface area contributed by atoms with Crippen LogP contribution in [0.15, 0.2) is 0 Å². The maximum absolute atomic E-state index is 3.55. The van der Waals surface area contributed by atoms with Crippen molar-refractivity contribution >= 4 is 11.8 Å². The van der Waals surface area contributed by atoms with E-state index in [1.807, 2.05) is 11.8 Å². The molecule has 0 rings (SSSR count). The molecule has 0 fully saturated rings. The molecule has 0 heterocycles. The van der Waals surface area contributed by atoms with E-state index in [-0.39, 0.29) is 0 Å². The van der Waals surface area contributed by atoms with Gasteiger partial charge < -0.3 is 10.2 Å². The first-order valence-electron chi connectivity index (χ1n) is 6.91. The highest BCUT2D eigenvalue weighted by Crippen LogP contribution is 2.10. The number of thioether (sulfide) groups is 1. The second kappa shape index (κ2) is 10.2. The Balaban J connectivity index is 3.80. The minimum atomic E-state index is 0.731. The molecule has 2 nitrogen and oxygen atoms in total. The molecule has 17 heavy (non-hydrogen) atoms. The van der Waals surface area contributed by atoms with Gasteiger partial charge in [-0.05, 0) is 44.6 Å². The van der Waals surface area contributed by atoms with Crippen molar-refractivity contribution in [1.82, 2.24) is 10.2 Å². The Morgan fingerprint density at radius 3 is 2.29 bits per heavy atom. The summed E-state index contributed by atoms with van der Waals surface area (Å²) in [5.74, 6) is 2.73. The van der Waals surface area contributed by atoms with Gasteiger partial charge in [0.05, 0.1) is 0 Å². The highest BCUT2D eigenvalue weighted by atomic mass is 32.2. The van der Waals surface area contributed by atoms with Gasteiger partial charge in [-0.1, -0.05) is 27.7 Å². The number of hydrogen-bond donors (Lipinski definition) is 1. The minimum absolute atomic E-state index is 0.731. The van der Waals surface area contributed by atoms with Gasteiger partial charge in [-0.3, -0.25) is 0 Å². The average Bonchev–Trinajstić information content (AvgIpc) is 2.24. The van der Waals surface area contributed by atoms with Gasteiger partial charge >= 0.3 is 0 Å². The summed E-state index contributed by atoms with van der Waals surface area (Å²) in [6.45, 7) is 12.6. The molecule has 104 valence electrons. The monoisotopic (exact) mass is 260 g/mol. The van der Waals surface area contributed by atoms with E-state index in [9.17, 15) is 0 Å². The van der Waals surface area contributed by atoms with Crippen molar-refractivity contribution in [3.8, 4) is 0 Å². The SMILES string of the molecule is CCC(CSC)N(C)CC(C)CNCC(C)C. The van der Waals surface area contributed by atoms with Crippen LogP contribution in [0, 0.1) is 11.8 Å². The van der Waals surface area contributed by atoms with Crippen LogP contribution in [0.25, 0.3) is 0 Å². The van der Waals surface area contributed by atoms with Gasteiger partial charge in [-0.25, -0.2) is 0 Å². The highest BCUT2D eigenvalue weighted by Gasteiger charge is 2.14. The Bertz CT molecular complexity index is 174. The summed E-state index contributed by atoms with van der Waals surface area (Å²) < 4.78 is 0. The molecule has 2 atom stereocenters. The number of nitrogens with one attached hydrogen (secondary N) is 1. The van der Waals surface area contributed by atoms with Gasteiger partial charge in [0.1, 0.15) is 0 Å². The van der Waals surface area contributed by atoms with Crippen LogP contribution < -0.4 is 5.32 Å². The Morgan fingerprint density at radius 1 is 1.18 bits per heavy atom. The average molecular weight is 260 g/mol. The molecule has 0 amide bonds. The predicted molar refractivity (Wildman–Crippen MR) is 82.0 cm³/mol. The highest BCUT2D eigenvalue weighted by molar-refractivity contribution is 7.98. The van der Waals surface area contributed by atoms with E-state index in [1.54, 1.807) is 0 Å². The van der Waals surface area contributed by atoms with Gasteiger partial charge in [0.25, 0.3) is 0 Å². The van der Waals surface area contributed by atoms with Crippen LogP contribution in [0.3, 0.4) is 0 Å². The molecule has 0 spiro atoms. The molecule has 0 saturated heterocycles. The second-order valence-electron chi connectivity index (χ2n) is 5.61. The van der Waals surface area contributed by atoms with E-state index in [1.165, 1.54) is 18.7 Å². The topological polar surface area (TPSA) is 15.3 Å². The van der Waals surface area contributed by atoms with Gasteiger partial charge in [-0.15, -0.1) is 0 Å². The zero-order valence-electron chi connectivity index (χ0n) is 12.6. The van der Waals surface area contributed by atoms with Crippen LogP contribution in [-0.4, -0.2) is 49.6 Å². The lowest BCUT2D eigenvalue weighted by Crippen LogP contribution is -2.39. The van der Waals surface area contributed by atoms with E-state index in [0.29, 0.717) is 0 Å². The molecule has 1 N–H and O–H groups in total. The van der Waals surface area contributed by atoms with Crippen LogP contribution >= 0.6 is 11.8 Å². The summed E-state index contributed by atoms with van der Waals surface area (Å²) in [6.07, 6.45) is 3.45. The zero-order valence-corrected chi connectivity index (χ0v) is 13.4. The molecule has 0 bridgehead atoms. The largest absolute Gasteiger partial charge is 0.316 e. The molecule has 0 aromatic heterocycles. The predicted octanol–water partition coefficient (Wildman–Crippen LogP) is 2.94. The molecular weight excluding hydrogens is 228 g/mol. The van der Waals surface area contributed by atoms with E-state index in [0.717, 1.165) is 31.0 Å². The third kappa shape index (κ3) is 8.92. The summed E-state index contributed by atoms with van der Waals surface area (Å²) in [4.78, 5) is 2.53. The van der Waals surface area contributed by atoms with Gasteiger partial charge in [0.15, 0.2) is 0 Å². The molecule has 0 saturated carbocycles. The maximum Gasteiger partial charge on any atom is 0.0180 e. The van der Waals surface area contributed by atoms with Crippen molar-refractivity contribution in [1.29, 1.82) is 0 Å². The van der Waals surface area contributed by atoms with Crippen LogP contribution in [-0.2, 0) is 0 Å². The Kier molecular flexibility index (Phi) is 10.4. The lowest BCUT2D eigenvalue weighted by Gasteiger charge is -2.29. The molecule has 0 aromatic rings. The Hall–Kier alpha value is 0.270. The van der Waals surface area contributed by atoms with Crippen molar-refractivity contribution in [3.05, 3.63) is 0 Å². The lowest BCUT2D eigenvalue weighted by atomic mass is 10.1. The Labute approximate surface area is 113 Å². The van der Waals surface area contributed by atoms with Crippen LogP contribution in [0.2, 0.25) is 0 Å². The van der Waals surface area contributed by atoms with Gasteiger partial charge in [-0.2, -0.15) is 11.8 Å². The molecular formula is C14H32N2S. The molecule has 2 unspecified atom stereocenters. The number of hydrogen-bond acceptors (Lipinski definition) is 3. The van der Waals surface area contributed by atoms with Gasteiger partial charge in [0.2, 0.25) is 0 Å². The summed E-state index contributed by atoms with van der Waals surface area (Å²) >= 11 is 1.95. The molecule has 0 aliphatic carbocycles. The first-order valence-corrected chi connectivity index (χ1v) is 8.30. The van der Waals surface area contributed by atoms with Crippen molar-refractivity contribution in [2.75, 3.05) is 38.7 Å². The lowest BCUT2D eigenvalue weighted by molar-refractivity contribution is 0.220. The first-order chi connectivity index (χ1) is 8.01. The van der Waals surface area contributed by atoms with Crippen molar-refractivity contribution < 1.29 is 0 Å². The van der Waals surface area contributed by atoms with E-state index < -0.39 is 0 Å². The normalized spacial score (nSPS) is 15.5. The third-order valence-electron chi connectivity index (χ3n) is 3.10. The van der Waals surface area contributed by atoms with E-state index in [2.05, 4.69) is 51.2 Å². The summed E-state index contributed by atoms with van der Waals surface area (Å²) in [6, 6.07) is 0.734. The van der Waals surface area contributed by atoms with Crippen molar-refractivity contribution in [3.63, 3.8) is 0 Å².